The van der Waals surface area contributed by atoms with Crippen LogP contribution in [0.5, 0.6) is 0 Å². The monoisotopic (exact) mass is 290 g/mol. The Morgan fingerprint density at radius 2 is 2.05 bits per heavy atom. The third-order valence-electron chi connectivity index (χ3n) is 3.89. The molecule has 0 spiro atoms. The maximum atomic E-state index is 12.8. The molecule has 1 aliphatic heterocycles. The molecule has 1 heterocycles. The number of hydrogen-bond acceptors (Lipinski definition) is 3. The van der Waals surface area contributed by atoms with Crippen molar-refractivity contribution in [1.82, 2.24) is 10.2 Å². The smallest absolute Gasteiger partial charge is 0.229 e. The van der Waals surface area contributed by atoms with Crippen molar-refractivity contribution in [3.8, 4) is 0 Å². The number of nitrogens with one attached hydrogen (secondary N) is 1. The number of carbonyl (C=O) groups is 1. The molecular formula is C17H26N2O2. The van der Waals surface area contributed by atoms with Crippen LogP contribution in [-0.4, -0.2) is 43.2 Å². The van der Waals surface area contributed by atoms with Crippen molar-refractivity contribution in [1.29, 1.82) is 0 Å². The van der Waals surface area contributed by atoms with Crippen LogP contribution in [0.25, 0.3) is 0 Å². The van der Waals surface area contributed by atoms with Gasteiger partial charge in [-0.15, -0.1) is 0 Å². The number of benzene rings is 1. The number of hydrogen-bond donors (Lipinski definition) is 1. The number of nitrogens with zero attached hydrogens (tertiary/aromatic N) is 1. The summed E-state index contributed by atoms with van der Waals surface area (Å²) in [4.78, 5) is 14.8. The van der Waals surface area contributed by atoms with Crippen molar-refractivity contribution in [3.05, 3.63) is 35.9 Å². The second-order valence-corrected chi connectivity index (χ2v) is 5.55. The van der Waals surface area contributed by atoms with E-state index in [1.54, 1.807) is 0 Å². The summed E-state index contributed by atoms with van der Waals surface area (Å²) < 4.78 is 5.51. The number of ether oxygens (including phenoxy) is 1. The van der Waals surface area contributed by atoms with Crippen molar-refractivity contribution in [2.75, 3.05) is 26.3 Å². The molecule has 1 fully saturated rings. The van der Waals surface area contributed by atoms with Crippen LogP contribution in [-0.2, 0) is 16.1 Å². The summed E-state index contributed by atoms with van der Waals surface area (Å²) in [6.45, 7) is 7.68. The summed E-state index contributed by atoms with van der Waals surface area (Å²) in [5.74, 6) is 0.157. The molecule has 4 nitrogen and oxygen atoms in total. The van der Waals surface area contributed by atoms with E-state index in [-0.39, 0.29) is 17.9 Å². The van der Waals surface area contributed by atoms with Gasteiger partial charge in [-0.1, -0.05) is 44.2 Å². The molecule has 0 radical (unpaired) electrons. The number of amides is 1. The lowest BCUT2D eigenvalue weighted by atomic mass is 10.0. The lowest BCUT2D eigenvalue weighted by Gasteiger charge is -2.27. The third-order valence-corrected chi connectivity index (χ3v) is 3.89. The molecule has 21 heavy (non-hydrogen) atoms. The predicted octanol–water partition coefficient (Wildman–Crippen LogP) is 2.05. The summed E-state index contributed by atoms with van der Waals surface area (Å²) in [5.41, 5.74) is 1.18. The van der Waals surface area contributed by atoms with Gasteiger partial charge in [0.2, 0.25) is 5.91 Å². The Morgan fingerprint density at radius 1 is 1.29 bits per heavy atom. The van der Waals surface area contributed by atoms with Gasteiger partial charge in [-0.25, -0.2) is 0 Å². The lowest BCUT2D eigenvalue weighted by molar-refractivity contribution is -0.136. The van der Waals surface area contributed by atoms with Gasteiger partial charge >= 0.3 is 0 Å². The molecular weight excluding hydrogens is 264 g/mol. The minimum Gasteiger partial charge on any atom is -0.379 e. The molecule has 1 saturated heterocycles. The molecule has 1 N–H and O–H groups in total. The zero-order valence-electron chi connectivity index (χ0n) is 13.0. The Bertz CT molecular complexity index is 436. The molecule has 1 amide bonds. The van der Waals surface area contributed by atoms with E-state index in [0.717, 1.165) is 19.5 Å². The summed E-state index contributed by atoms with van der Waals surface area (Å²) in [5, 5.41) is 3.36. The molecule has 116 valence electrons. The van der Waals surface area contributed by atoms with E-state index in [4.69, 9.17) is 4.74 Å². The van der Waals surface area contributed by atoms with Crippen LogP contribution >= 0.6 is 0 Å². The van der Waals surface area contributed by atoms with Crippen LogP contribution in [0.1, 0.15) is 25.8 Å². The second-order valence-electron chi connectivity index (χ2n) is 5.55. The van der Waals surface area contributed by atoms with E-state index >= 15 is 0 Å². The zero-order valence-corrected chi connectivity index (χ0v) is 13.0. The van der Waals surface area contributed by atoms with E-state index in [0.29, 0.717) is 19.8 Å². The zero-order chi connectivity index (χ0) is 15.1. The Morgan fingerprint density at radius 3 is 2.71 bits per heavy atom. The highest BCUT2D eigenvalue weighted by molar-refractivity contribution is 5.80. The first-order chi connectivity index (χ1) is 10.3. The molecule has 0 aromatic heterocycles. The quantitative estimate of drug-likeness (QED) is 0.835. The lowest BCUT2D eigenvalue weighted by Crippen LogP contribution is -2.45. The van der Waals surface area contributed by atoms with Crippen molar-refractivity contribution in [2.45, 2.75) is 32.9 Å². The standard InChI is InChI=1S/C17H26N2O2/c1-3-10-19(11-14-8-6-5-7-9-14)17(20)15-12-21-13-16(15)18-4-2/h5-9,15-16,18H,3-4,10-13H2,1-2H3. The fraction of sp³-hybridized carbons (Fsp3) is 0.588. The molecule has 1 aliphatic rings. The SMILES string of the molecule is CCCN(Cc1ccccc1)C(=O)C1COCC1NCC. The molecule has 2 rings (SSSR count). The molecule has 2 unspecified atom stereocenters. The average Bonchev–Trinajstić information content (AvgIpc) is 2.96. The van der Waals surface area contributed by atoms with Gasteiger partial charge in [-0.3, -0.25) is 4.79 Å². The van der Waals surface area contributed by atoms with Gasteiger partial charge in [0, 0.05) is 19.1 Å². The van der Waals surface area contributed by atoms with E-state index in [2.05, 4.69) is 31.3 Å². The van der Waals surface area contributed by atoms with Crippen LogP contribution in [0.4, 0.5) is 0 Å². The number of carbonyl (C=O) groups excluding carboxylic acids is 1. The van der Waals surface area contributed by atoms with Gasteiger partial charge in [-0.2, -0.15) is 0 Å². The van der Waals surface area contributed by atoms with Crippen LogP contribution in [0.15, 0.2) is 30.3 Å². The van der Waals surface area contributed by atoms with Crippen molar-refractivity contribution >= 4 is 5.91 Å². The van der Waals surface area contributed by atoms with Gasteiger partial charge in [0.15, 0.2) is 0 Å². The highest BCUT2D eigenvalue weighted by Gasteiger charge is 2.35. The maximum absolute atomic E-state index is 12.8. The topological polar surface area (TPSA) is 41.6 Å². The van der Waals surface area contributed by atoms with Crippen molar-refractivity contribution in [2.24, 2.45) is 5.92 Å². The first kappa shape index (κ1) is 16.0. The average molecular weight is 290 g/mol. The minimum absolute atomic E-state index is 0.0554. The van der Waals surface area contributed by atoms with Crippen molar-refractivity contribution < 1.29 is 9.53 Å². The van der Waals surface area contributed by atoms with Crippen molar-refractivity contribution in [3.63, 3.8) is 0 Å². The number of rotatable bonds is 7. The number of likely N-dealkylation sites (N-methyl/N-ethyl adjacent to an activating group) is 1. The van der Waals surface area contributed by atoms with Gasteiger partial charge < -0.3 is 15.0 Å². The largest absolute Gasteiger partial charge is 0.379 e. The Kier molecular flexibility index (Phi) is 6.21. The summed E-state index contributed by atoms with van der Waals surface area (Å²) in [7, 11) is 0. The van der Waals surface area contributed by atoms with Crippen LogP contribution in [0.2, 0.25) is 0 Å². The summed E-state index contributed by atoms with van der Waals surface area (Å²) in [6, 6.07) is 10.3. The molecule has 1 aromatic carbocycles. The Balaban J connectivity index is 2.04. The van der Waals surface area contributed by atoms with E-state index < -0.39 is 0 Å². The highest BCUT2D eigenvalue weighted by Crippen LogP contribution is 2.18. The normalized spacial score (nSPS) is 21.4. The van der Waals surface area contributed by atoms with Gasteiger partial charge in [0.25, 0.3) is 0 Å². The van der Waals surface area contributed by atoms with Crippen LogP contribution in [0.3, 0.4) is 0 Å². The first-order valence-corrected chi connectivity index (χ1v) is 7.90. The van der Waals surface area contributed by atoms with E-state index in [1.807, 2.05) is 23.1 Å². The Hall–Kier alpha value is -1.39. The third kappa shape index (κ3) is 4.29. The van der Waals surface area contributed by atoms with Gasteiger partial charge in [-0.05, 0) is 18.5 Å². The summed E-state index contributed by atoms with van der Waals surface area (Å²) in [6.07, 6.45) is 0.970. The molecule has 0 aliphatic carbocycles. The molecule has 4 heteroatoms. The van der Waals surface area contributed by atoms with Crippen LogP contribution < -0.4 is 5.32 Å². The molecule has 2 atom stereocenters. The second kappa shape index (κ2) is 8.15. The molecule has 1 aromatic rings. The first-order valence-electron chi connectivity index (χ1n) is 7.90. The van der Waals surface area contributed by atoms with E-state index in [9.17, 15) is 4.79 Å². The molecule has 0 saturated carbocycles. The fourth-order valence-electron chi connectivity index (χ4n) is 2.84. The Labute approximate surface area is 127 Å². The molecule has 0 bridgehead atoms. The summed E-state index contributed by atoms with van der Waals surface area (Å²) >= 11 is 0. The fourth-order valence-corrected chi connectivity index (χ4v) is 2.84. The minimum atomic E-state index is -0.0554. The van der Waals surface area contributed by atoms with Gasteiger partial charge in [0.1, 0.15) is 0 Å². The van der Waals surface area contributed by atoms with Crippen LogP contribution in [0, 0.1) is 5.92 Å². The maximum Gasteiger partial charge on any atom is 0.229 e. The van der Waals surface area contributed by atoms with Gasteiger partial charge in [0.05, 0.1) is 19.1 Å². The highest BCUT2D eigenvalue weighted by atomic mass is 16.5. The van der Waals surface area contributed by atoms with E-state index in [1.165, 1.54) is 5.56 Å². The predicted molar refractivity (Wildman–Crippen MR) is 83.9 cm³/mol.